The van der Waals surface area contributed by atoms with E-state index in [0.29, 0.717) is 36.9 Å². The average Bonchev–Trinajstić information content (AvgIpc) is 3.21. The van der Waals surface area contributed by atoms with Crippen LogP contribution in [0.1, 0.15) is 152 Å². The molecule has 6 nitrogen and oxygen atoms in total. The molecule has 302 valence electrons. The summed E-state index contributed by atoms with van der Waals surface area (Å²) in [5.41, 5.74) is 3.84. The summed E-state index contributed by atoms with van der Waals surface area (Å²) in [6.45, 7) is 19.4. The Labute approximate surface area is 345 Å². The zero-order valence-electron chi connectivity index (χ0n) is 33.9. The van der Waals surface area contributed by atoms with Crippen molar-refractivity contribution in [2.24, 2.45) is 0 Å². The number of aryl methyl sites for hydroxylation is 3. The van der Waals surface area contributed by atoms with Crippen molar-refractivity contribution in [3.05, 3.63) is 124 Å². The Bertz CT molecular complexity index is 1430. The quantitative estimate of drug-likeness (QED) is 0.0350. The molecule has 0 unspecified atom stereocenters. The number of rotatable bonds is 33. The van der Waals surface area contributed by atoms with Gasteiger partial charge in [-0.1, -0.05) is 113 Å². The molecule has 0 aromatic heterocycles. The zero-order chi connectivity index (χ0) is 39.8. The van der Waals surface area contributed by atoms with Crippen molar-refractivity contribution in [3.8, 4) is 17.2 Å². The van der Waals surface area contributed by atoms with Crippen LogP contribution < -0.4 is 13.6 Å². The van der Waals surface area contributed by atoms with Gasteiger partial charge < -0.3 is 28.1 Å². The molecule has 0 bridgehead atoms. The minimum Gasteiger partial charge on any atom is -0.407 e. The molecule has 0 aliphatic rings. The van der Waals surface area contributed by atoms with Gasteiger partial charge in [0.05, 0.1) is 0 Å². The molecule has 3 aromatic rings. The van der Waals surface area contributed by atoms with Gasteiger partial charge in [-0.05, 0) is 111 Å². The number of hydrogen-bond donors (Lipinski definition) is 0. The summed E-state index contributed by atoms with van der Waals surface area (Å²) in [5.74, 6) is 1.92. The molecule has 0 heterocycles. The highest BCUT2D eigenvalue weighted by Gasteiger charge is 2.27. The summed E-state index contributed by atoms with van der Waals surface area (Å²) >= 11 is 6.08. The first-order valence-electron chi connectivity index (χ1n) is 21.5. The second kappa shape index (κ2) is 30.3. The van der Waals surface area contributed by atoms with Crippen molar-refractivity contribution in [2.75, 3.05) is 19.6 Å². The summed E-state index contributed by atoms with van der Waals surface area (Å²) in [5, 5.41) is 0. The van der Waals surface area contributed by atoms with Gasteiger partial charge in [0.2, 0.25) is 19.6 Å². The third kappa shape index (κ3) is 22.1. The summed E-state index contributed by atoms with van der Waals surface area (Å²) in [4.78, 5) is 10.3. The van der Waals surface area contributed by atoms with Crippen LogP contribution in [0.4, 0.5) is 0 Å². The van der Waals surface area contributed by atoms with Crippen LogP contribution in [-0.2, 0) is 31.1 Å². The van der Waals surface area contributed by atoms with E-state index in [1.807, 2.05) is 36.4 Å². The highest BCUT2D eigenvalue weighted by Crippen LogP contribution is 2.50. The van der Waals surface area contributed by atoms with Crippen LogP contribution in [0.2, 0.25) is 0 Å². The highest BCUT2D eigenvalue weighted by molar-refractivity contribution is 8.08. The fourth-order valence-electron chi connectivity index (χ4n) is 6.81. The molecule has 0 saturated carbocycles. The number of nitrogens with zero attached hydrogens (tertiary/aromatic N) is 3. The van der Waals surface area contributed by atoms with Gasteiger partial charge in [0.25, 0.3) is 0 Å². The van der Waals surface area contributed by atoms with E-state index in [1.54, 1.807) is 0 Å². The Hall–Kier alpha value is -3.82. The first-order valence-corrected chi connectivity index (χ1v) is 24.0. The lowest BCUT2D eigenvalue weighted by molar-refractivity contribution is 0.384. The third-order valence-corrected chi connectivity index (χ3v) is 12.1. The first kappa shape index (κ1) is 46.6. The van der Waals surface area contributed by atoms with Crippen LogP contribution in [0, 0.1) is 19.7 Å². The van der Waals surface area contributed by atoms with Crippen LogP contribution in [0.15, 0.2) is 72.8 Å². The Balaban J connectivity index is 1.53. The van der Waals surface area contributed by atoms with Gasteiger partial charge in [-0.3, -0.25) is 0 Å². The standard InChI is InChI=1S/C48H66N3O3PS/c1-49-40-22-16-10-4-7-13-19-25-43-28-34-46(35-29-43)52-55(56,53-47-36-30-44(31-37-47)26-20-14-8-5-11-17-23-41-50-2)54-48-38-32-45(33-39-48)27-21-15-9-6-12-18-24-42-51-3/h28-39H,4-27,40-42H2. The fraction of sp³-hybridized carbons (Fsp3) is 0.562. The molecule has 0 aliphatic heterocycles. The molecule has 3 rings (SSSR count). The molecule has 0 radical (unpaired) electrons. The zero-order valence-corrected chi connectivity index (χ0v) is 35.7. The van der Waals surface area contributed by atoms with Gasteiger partial charge in [0.1, 0.15) is 17.2 Å². The van der Waals surface area contributed by atoms with Gasteiger partial charge in [-0.25, -0.2) is 19.7 Å². The molecule has 56 heavy (non-hydrogen) atoms. The maximum absolute atomic E-state index is 6.90. The van der Waals surface area contributed by atoms with Gasteiger partial charge in [-0.15, -0.1) is 0 Å². The van der Waals surface area contributed by atoms with E-state index in [2.05, 4.69) is 50.9 Å². The van der Waals surface area contributed by atoms with Crippen LogP contribution in [0.5, 0.6) is 17.2 Å². The van der Waals surface area contributed by atoms with E-state index in [9.17, 15) is 0 Å². The fourth-order valence-corrected chi connectivity index (χ4v) is 8.83. The molecule has 0 spiro atoms. The SMILES string of the molecule is [C-]#[N+]CCCCCCCCCc1ccc(OP(=S)(Oc2ccc(CCCCCCCCC[N+]#[C-])cc2)Oc2ccc(CCCCCCCCC[N+]#[C-])cc2)cc1. The van der Waals surface area contributed by atoms with E-state index >= 15 is 0 Å². The van der Waals surface area contributed by atoms with Gasteiger partial charge in [0, 0.05) is 31.1 Å². The lowest BCUT2D eigenvalue weighted by Gasteiger charge is -2.23. The minimum absolute atomic E-state index is 0.641. The molecule has 8 heteroatoms. The van der Waals surface area contributed by atoms with Gasteiger partial charge in [0.15, 0.2) is 0 Å². The van der Waals surface area contributed by atoms with Crippen LogP contribution in [-0.4, -0.2) is 19.6 Å². The predicted octanol–water partition coefficient (Wildman–Crippen LogP) is 15.0. The van der Waals surface area contributed by atoms with E-state index < -0.39 is 6.72 Å². The second-order valence-corrected chi connectivity index (χ2v) is 17.8. The lowest BCUT2D eigenvalue weighted by Crippen LogP contribution is -2.07. The van der Waals surface area contributed by atoms with E-state index in [0.717, 1.165) is 57.8 Å². The molecule has 3 aromatic carbocycles. The second-order valence-electron chi connectivity index (χ2n) is 15.0. The summed E-state index contributed by atoms with van der Waals surface area (Å²) in [6, 6.07) is 24.6. The Morgan fingerprint density at radius 1 is 0.339 bits per heavy atom. The van der Waals surface area contributed by atoms with Crippen LogP contribution in [0.3, 0.4) is 0 Å². The number of hydrogen-bond acceptors (Lipinski definition) is 4. The highest BCUT2D eigenvalue weighted by atomic mass is 32.5. The van der Waals surface area contributed by atoms with Crippen molar-refractivity contribution in [1.29, 1.82) is 0 Å². The molecule has 0 fully saturated rings. The molecule has 0 amide bonds. The molecule has 0 atom stereocenters. The molecule has 0 N–H and O–H groups in total. The van der Waals surface area contributed by atoms with Crippen molar-refractivity contribution < 1.29 is 13.6 Å². The largest absolute Gasteiger partial charge is 0.490 e. The normalized spacial score (nSPS) is 11.0. The Morgan fingerprint density at radius 3 is 0.786 bits per heavy atom. The lowest BCUT2D eigenvalue weighted by atomic mass is 10.0. The maximum Gasteiger partial charge on any atom is 0.490 e. The van der Waals surface area contributed by atoms with Crippen molar-refractivity contribution in [3.63, 3.8) is 0 Å². The first-order chi connectivity index (χ1) is 27.5. The molecular formula is C48H66N3O3PS. The van der Waals surface area contributed by atoms with Crippen molar-refractivity contribution >= 4 is 18.5 Å². The maximum atomic E-state index is 6.90. The smallest absolute Gasteiger partial charge is 0.407 e. The predicted molar refractivity (Wildman–Crippen MR) is 238 cm³/mol. The summed E-state index contributed by atoms with van der Waals surface area (Å²) < 4.78 is 19.3. The summed E-state index contributed by atoms with van der Waals surface area (Å²) in [6.07, 6.45) is 28.0. The molecule has 0 saturated heterocycles. The van der Waals surface area contributed by atoms with Gasteiger partial charge >= 0.3 is 6.72 Å². The third-order valence-electron chi connectivity index (χ3n) is 10.1. The molecular weight excluding hydrogens is 730 g/mol. The topological polar surface area (TPSA) is 40.8 Å². The van der Waals surface area contributed by atoms with Gasteiger partial charge in [-0.2, -0.15) is 0 Å². The van der Waals surface area contributed by atoms with Crippen LogP contribution >= 0.6 is 6.72 Å². The average molecular weight is 796 g/mol. The molecule has 0 aliphatic carbocycles. The Kier molecular flexibility index (Phi) is 25.2. The number of unbranched alkanes of at least 4 members (excludes halogenated alkanes) is 18. The van der Waals surface area contributed by atoms with E-state index in [1.165, 1.54) is 113 Å². The Morgan fingerprint density at radius 2 is 0.554 bits per heavy atom. The van der Waals surface area contributed by atoms with E-state index in [4.69, 9.17) is 45.1 Å². The minimum atomic E-state index is -3.28. The summed E-state index contributed by atoms with van der Waals surface area (Å²) in [7, 11) is 0. The number of benzene rings is 3. The van der Waals surface area contributed by atoms with Crippen LogP contribution in [0.25, 0.3) is 14.5 Å². The van der Waals surface area contributed by atoms with Crippen molar-refractivity contribution in [2.45, 2.75) is 154 Å². The van der Waals surface area contributed by atoms with E-state index in [-0.39, 0.29) is 0 Å². The van der Waals surface area contributed by atoms with Crippen molar-refractivity contribution in [1.82, 2.24) is 0 Å². The monoisotopic (exact) mass is 795 g/mol.